The fourth-order valence-corrected chi connectivity index (χ4v) is 3.27. The topological polar surface area (TPSA) is 42.2 Å². The van der Waals surface area contributed by atoms with Crippen LogP contribution in [0.1, 0.15) is 23.1 Å². The largest absolute Gasteiger partial charge is 0.419 e. The van der Waals surface area contributed by atoms with Crippen molar-refractivity contribution in [2.75, 3.05) is 7.05 Å². The molecule has 1 atom stereocenters. The molecule has 0 amide bonds. The highest BCUT2D eigenvalue weighted by molar-refractivity contribution is 5.52. The Morgan fingerprint density at radius 2 is 1.61 bits per heavy atom. The van der Waals surface area contributed by atoms with E-state index < -0.39 is 0 Å². The molecule has 1 unspecified atom stereocenters. The Labute approximate surface area is 163 Å². The fourth-order valence-electron chi connectivity index (χ4n) is 3.27. The van der Waals surface area contributed by atoms with Crippen LogP contribution in [0.3, 0.4) is 0 Å². The van der Waals surface area contributed by atoms with Gasteiger partial charge in [-0.25, -0.2) is 4.39 Å². The zero-order valence-corrected chi connectivity index (χ0v) is 15.5. The zero-order chi connectivity index (χ0) is 19.3. The second kappa shape index (κ2) is 8.15. The first-order chi connectivity index (χ1) is 13.7. The highest BCUT2D eigenvalue weighted by Gasteiger charge is 2.25. The highest BCUT2D eigenvalue weighted by atomic mass is 19.1. The monoisotopic (exact) mass is 373 g/mol. The first-order valence-electron chi connectivity index (χ1n) is 9.09. The number of hydrogen-bond acceptors (Lipinski definition) is 4. The normalized spacial score (nSPS) is 12.2. The van der Waals surface area contributed by atoms with Crippen molar-refractivity contribution < 1.29 is 8.81 Å². The van der Waals surface area contributed by atoms with E-state index in [9.17, 15) is 4.39 Å². The summed E-state index contributed by atoms with van der Waals surface area (Å²) >= 11 is 0. The van der Waals surface area contributed by atoms with E-state index in [1.54, 1.807) is 12.1 Å². The van der Waals surface area contributed by atoms with Crippen molar-refractivity contribution in [2.45, 2.75) is 12.6 Å². The van der Waals surface area contributed by atoms with Gasteiger partial charge in [0.2, 0.25) is 11.8 Å². The van der Waals surface area contributed by atoms with Gasteiger partial charge in [-0.15, -0.1) is 10.2 Å². The van der Waals surface area contributed by atoms with Crippen LogP contribution >= 0.6 is 0 Å². The van der Waals surface area contributed by atoms with Gasteiger partial charge in [-0.1, -0.05) is 66.7 Å². The molecule has 4 nitrogen and oxygen atoms in total. The van der Waals surface area contributed by atoms with Crippen LogP contribution in [0.2, 0.25) is 0 Å². The summed E-state index contributed by atoms with van der Waals surface area (Å²) in [5.41, 5.74) is 2.81. The van der Waals surface area contributed by atoms with Crippen molar-refractivity contribution in [2.24, 2.45) is 0 Å². The Kier molecular flexibility index (Phi) is 5.26. The van der Waals surface area contributed by atoms with Crippen molar-refractivity contribution in [1.29, 1.82) is 0 Å². The van der Waals surface area contributed by atoms with E-state index in [0.29, 0.717) is 17.3 Å². The van der Waals surface area contributed by atoms with Gasteiger partial charge in [0.05, 0.1) is 0 Å². The SMILES string of the molecule is CN(Cc1ccccc1)C(c1ccccc1)c1nnc(-c2cccc(F)c2)o1. The lowest BCUT2D eigenvalue weighted by molar-refractivity contribution is 0.235. The van der Waals surface area contributed by atoms with Crippen LogP contribution in [0.15, 0.2) is 89.3 Å². The zero-order valence-electron chi connectivity index (χ0n) is 15.5. The third-order valence-corrected chi connectivity index (χ3v) is 4.58. The Bertz CT molecular complexity index is 1030. The molecule has 1 aromatic heterocycles. The molecule has 1 heterocycles. The molecule has 0 saturated heterocycles. The van der Waals surface area contributed by atoms with Crippen LogP contribution < -0.4 is 0 Å². The molecule has 28 heavy (non-hydrogen) atoms. The van der Waals surface area contributed by atoms with Crippen LogP contribution in [-0.4, -0.2) is 22.1 Å². The molecule has 0 N–H and O–H groups in total. The Balaban J connectivity index is 1.68. The lowest BCUT2D eigenvalue weighted by Gasteiger charge is -2.25. The van der Waals surface area contributed by atoms with Crippen LogP contribution in [0.4, 0.5) is 4.39 Å². The molecule has 0 saturated carbocycles. The molecule has 0 aliphatic carbocycles. The minimum atomic E-state index is -0.335. The van der Waals surface area contributed by atoms with Gasteiger partial charge >= 0.3 is 0 Å². The molecule has 0 spiro atoms. The summed E-state index contributed by atoms with van der Waals surface area (Å²) in [6.45, 7) is 0.720. The molecule has 0 fully saturated rings. The predicted octanol–water partition coefficient (Wildman–Crippen LogP) is 5.10. The molecule has 0 aliphatic rings. The number of hydrogen-bond donors (Lipinski definition) is 0. The van der Waals surface area contributed by atoms with Gasteiger partial charge in [0.15, 0.2) is 0 Å². The molecular formula is C23H20FN3O. The Morgan fingerprint density at radius 3 is 2.32 bits per heavy atom. The summed E-state index contributed by atoms with van der Waals surface area (Å²) in [7, 11) is 2.02. The van der Waals surface area contributed by atoms with E-state index >= 15 is 0 Å². The second-order valence-corrected chi connectivity index (χ2v) is 6.67. The highest BCUT2D eigenvalue weighted by Crippen LogP contribution is 2.30. The second-order valence-electron chi connectivity index (χ2n) is 6.67. The predicted molar refractivity (Wildman–Crippen MR) is 106 cm³/mol. The standard InChI is InChI=1S/C23H20FN3O/c1-27(16-17-9-4-2-5-10-17)21(18-11-6-3-7-12-18)23-26-25-22(28-23)19-13-8-14-20(24)15-19/h2-15,21H,16H2,1H3. The van der Waals surface area contributed by atoms with E-state index in [-0.39, 0.29) is 11.9 Å². The van der Waals surface area contributed by atoms with Crippen molar-refractivity contribution in [3.63, 3.8) is 0 Å². The number of benzene rings is 3. The smallest absolute Gasteiger partial charge is 0.247 e. The average Bonchev–Trinajstić information content (AvgIpc) is 3.19. The summed E-state index contributed by atoms with van der Waals surface area (Å²) in [5, 5.41) is 8.43. The van der Waals surface area contributed by atoms with Gasteiger partial charge < -0.3 is 4.42 Å². The van der Waals surface area contributed by atoms with Gasteiger partial charge in [-0.05, 0) is 36.4 Å². The number of aromatic nitrogens is 2. The van der Waals surface area contributed by atoms with Crippen molar-refractivity contribution in [3.05, 3.63) is 108 Å². The first kappa shape index (κ1) is 18.1. The maximum atomic E-state index is 13.6. The fraction of sp³-hybridized carbons (Fsp3) is 0.130. The molecule has 0 bridgehead atoms. The lowest BCUT2D eigenvalue weighted by Crippen LogP contribution is -2.25. The van der Waals surface area contributed by atoms with Gasteiger partial charge in [-0.2, -0.15) is 0 Å². The molecule has 0 aliphatic heterocycles. The Hall–Kier alpha value is -3.31. The lowest BCUT2D eigenvalue weighted by atomic mass is 10.0. The maximum absolute atomic E-state index is 13.6. The third-order valence-electron chi connectivity index (χ3n) is 4.58. The molecule has 3 aromatic carbocycles. The van der Waals surface area contributed by atoms with Crippen molar-refractivity contribution in [3.8, 4) is 11.5 Å². The summed E-state index contributed by atoms with van der Waals surface area (Å²) in [5.74, 6) is 0.450. The molecular weight excluding hydrogens is 353 g/mol. The van der Waals surface area contributed by atoms with E-state index in [1.165, 1.54) is 17.7 Å². The summed E-state index contributed by atoms with van der Waals surface area (Å²) in [6.07, 6.45) is 0. The average molecular weight is 373 g/mol. The van der Waals surface area contributed by atoms with Crippen LogP contribution in [-0.2, 0) is 6.54 Å². The van der Waals surface area contributed by atoms with Crippen molar-refractivity contribution >= 4 is 0 Å². The Morgan fingerprint density at radius 1 is 0.893 bits per heavy atom. The summed E-state index contributed by atoms with van der Waals surface area (Å²) in [6, 6.07) is 26.2. The van der Waals surface area contributed by atoms with Crippen LogP contribution in [0, 0.1) is 5.82 Å². The van der Waals surface area contributed by atoms with Gasteiger partial charge in [0, 0.05) is 12.1 Å². The minimum Gasteiger partial charge on any atom is -0.419 e. The number of nitrogens with zero attached hydrogens (tertiary/aromatic N) is 3. The molecule has 0 radical (unpaired) electrons. The quantitative estimate of drug-likeness (QED) is 0.472. The molecule has 4 rings (SSSR count). The van der Waals surface area contributed by atoms with Crippen molar-refractivity contribution in [1.82, 2.24) is 15.1 Å². The van der Waals surface area contributed by atoms with Gasteiger partial charge in [-0.3, -0.25) is 4.90 Å². The molecule has 4 aromatic rings. The van der Waals surface area contributed by atoms with Gasteiger partial charge in [0.25, 0.3) is 0 Å². The van der Waals surface area contributed by atoms with E-state index in [2.05, 4.69) is 27.2 Å². The van der Waals surface area contributed by atoms with Crippen LogP contribution in [0.5, 0.6) is 0 Å². The van der Waals surface area contributed by atoms with E-state index in [1.807, 2.05) is 55.6 Å². The van der Waals surface area contributed by atoms with Gasteiger partial charge in [0.1, 0.15) is 11.9 Å². The minimum absolute atomic E-state index is 0.212. The number of halogens is 1. The molecule has 140 valence electrons. The van der Waals surface area contributed by atoms with Crippen LogP contribution in [0.25, 0.3) is 11.5 Å². The summed E-state index contributed by atoms with van der Waals surface area (Å²) in [4.78, 5) is 2.16. The first-order valence-corrected chi connectivity index (χ1v) is 9.09. The van der Waals surface area contributed by atoms with E-state index in [4.69, 9.17) is 4.42 Å². The van der Waals surface area contributed by atoms with E-state index in [0.717, 1.165) is 12.1 Å². The third kappa shape index (κ3) is 4.00. The molecule has 5 heteroatoms. The summed E-state index contributed by atoms with van der Waals surface area (Å²) < 4.78 is 19.5. The number of rotatable bonds is 6. The maximum Gasteiger partial charge on any atom is 0.247 e.